The highest BCUT2D eigenvalue weighted by atomic mass is 16.4. The molecule has 66 heavy (non-hydrogen) atoms. The van der Waals surface area contributed by atoms with Gasteiger partial charge in [-0.3, -0.25) is 0 Å². The Morgan fingerprint density at radius 3 is 0.909 bits per heavy atom. The van der Waals surface area contributed by atoms with Crippen molar-refractivity contribution in [3.8, 4) is 22.6 Å². The molecular weight excluding hydrogens is 805 g/mol. The van der Waals surface area contributed by atoms with Gasteiger partial charge in [0.15, 0.2) is 0 Å². The van der Waals surface area contributed by atoms with Crippen LogP contribution in [-0.4, -0.2) is 0 Å². The van der Waals surface area contributed by atoms with Crippen LogP contribution in [0.1, 0.15) is 67.2 Å². The largest absolute Gasteiger partial charge is 0.459 e. The van der Waals surface area contributed by atoms with E-state index in [9.17, 15) is 0 Å². The van der Waals surface area contributed by atoms with E-state index in [0.717, 1.165) is 102 Å². The van der Waals surface area contributed by atoms with E-state index < -0.39 is 10.8 Å². The van der Waals surface area contributed by atoms with Crippen LogP contribution in [-0.2, 0) is 10.8 Å². The molecule has 8 aromatic carbocycles. The summed E-state index contributed by atoms with van der Waals surface area (Å²) in [6, 6.07) is 75.4. The van der Waals surface area contributed by atoms with E-state index in [2.05, 4.69) is 244 Å². The number of hydrogen-bond donors (Lipinski definition) is 0. The topological polar surface area (TPSA) is 32.8 Å². The number of benzene rings is 8. The summed E-state index contributed by atoms with van der Waals surface area (Å²) in [6.45, 7) is 8.68. The molecular formula is C62H46N2O2. The Labute approximate surface area is 385 Å². The summed E-state index contributed by atoms with van der Waals surface area (Å²) >= 11 is 0. The Hall–Kier alpha value is -8.08. The fourth-order valence-corrected chi connectivity index (χ4v) is 11.9. The Morgan fingerprint density at radius 1 is 0.303 bits per heavy atom. The standard InChI is InChI=1S/C62H46N2O2/c1-39-31-40(2)34-43(33-39)57-37-51-59(65-57)62(49-25-13-17-29-55(49)64(46-21-9-6-10-22-46)56-30-18-14-26-50(56)62)52-38-58(44-35-41(3)32-42(4)36-44)66-60(52)61(51)47-23-11-15-27-53(47)63(45-19-7-5-8-20-45)54-28-16-12-24-48(54)61/h5-38H,1-4H3. The van der Waals surface area contributed by atoms with Gasteiger partial charge in [-0.05, 0) is 135 Å². The first-order valence-electron chi connectivity index (χ1n) is 22.9. The highest BCUT2D eigenvalue weighted by molar-refractivity contribution is 5.95. The lowest BCUT2D eigenvalue weighted by atomic mass is 9.53. The SMILES string of the molecule is Cc1cc(C)cc(-c2cc3c(o2)C2(c4ccccc4N(c4ccccc4)c4ccccc42)c2cc(-c4cc(C)cc(C)c4)oc2C32c3ccccc3N(c3ccccc3)c3ccccc32)c1. The van der Waals surface area contributed by atoms with Crippen molar-refractivity contribution < 1.29 is 8.83 Å². The Kier molecular flexibility index (Phi) is 8.26. The van der Waals surface area contributed by atoms with Crippen LogP contribution in [0.5, 0.6) is 0 Å². The van der Waals surface area contributed by atoms with Crippen molar-refractivity contribution in [2.24, 2.45) is 0 Å². The number of anilines is 6. The first-order valence-corrected chi connectivity index (χ1v) is 22.9. The van der Waals surface area contributed by atoms with Crippen LogP contribution in [0.3, 0.4) is 0 Å². The lowest BCUT2D eigenvalue weighted by Crippen LogP contribution is -2.48. The summed E-state index contributed by atoms with van der Waals surface area (Å²) in [5.41, 5.74) is 18.1. The van der Waals surface area contributed by atoms with Crippen molar-refractivity contribution in [1.29, 1.82) is 0 Å². The number of para-hydroxylation sites is 6. The zero-order valence-electron chi connectivity index (χ0n) is 37.3. The van der Waals surface area contributed by atoms with Crippen LogP contribution >= 0.6 is 0 Å². The highest BCUT2D eigenvalue weighted by Gasteiger charge is 2.63. The monoisotopic (exact) mass is 850 g/mol. The Balaban J connectivity index is 1.24. The average molecular weight is 851 g/mol. The molecule has 10 aromatic rings. The molecule has 0 saturated carbocycles. The van der Waals surface area contributed by atoms with Gasteiger partial charge in [-0.1, -0.05) is 144 Å². The summed E-state index contributed by atoms with van der Waals surface area (Å²) in [5, 5.41) is 0. The van der Waals surface area contributed by atoms with E-state index in [1.165, 1.54) is 22.3 Å². The van der Waals surface area contributed by atoms with Crippen molar-refractivity contribution in [2.45, 2.75) is 38.5 Å². The van der Waals surface area contributed by atoms with E-state index in [1.807, 2.05) is 0 Å². The number of rotatable bonds is 4. The van der Waals surface area contributed by atoms with E-state index in [-0.39, 0.29) is 0 Å². The normalized spacial score (nSPS) is 14.5. The van der Waals surface area contributed by atoms with E-state index >= 15 is 0 Å². The third-order valence-corrected chi connectivity index (χ3v) is 14.2. The van der Waals surface area contributed by atoms with Crippen LogP contribution in [0.15, 0.2) is 215 Å². The van der Waals surface area contributed by atoms with Crippen molar-refractivity contribution >= 4 is 34.1 Å². The summed E-state index contributed by atoms with van der Waals surface area (Å²) in [6.07, 6.45) is 0. The van der Waals surface area contributed by atoms with Crippen LogP contribution < -0.4 is 9.80 Å². The summed E-state index contributed by atoms with van der Waals surface area (Å²) in [4.78, 5) is 4.84. The molecule has 0 amide bonds. The molecule has 0 bridgehead atoms. The van der Waals surface area contributed by atoms with Crippen molar-refractivity contribution in [3.05, 3.63) is 273 Å². The third-order valence-electron chi connectivity index (χ3n) is 14.2. The quantitative estimate of drug-likeness (QED) is 0.177. The first kappa shape index (κ1) is 38.4. The molecule has 13 rings (SSSR count). The molecule has 0 unspecified atom stereocenters. The van der Waals surface area contributed by atoms with Gasteiger partial charge in [0.1, 0.15) is 33.9 Å². The molecule has 2 aromatic heterocycles. The van der Waals surface area contributed by atoms with Crippen LogP contribution in [0, 0.1) is 27.7 Å². The summed E-state index contributed by atoms with van der Waals surface area (Å²) in [5.74, 6) is 3.43. The molecule has 4 heteroatoms. The van der Waals surface area contributed by atoms with Crippen molar-refractivity contribution in [3.63, 3.8) is 0 Å². The number of nitrogens with zero attached hydrogens (tertiary/aromatic N) is 2. The molecule has 0 N–H and O–H groups in total. The average Bonchev–Trinajstić information content (AvgIpc) is 4.00. The van der Waals surface area contributed by atoms with E-state index in [0.29, 0.717) is 0 Å². The Bertz CT molecular complexity index is 3140. The molecule has 316 valence electrons. The van der Waals surface area contributed by atoms with E-state index in [1.54, 1.807) is 0 Å². The highest BCUT2D eigenvalue weighted by Crippen LogP contribution is 2.69. The number of aryl methyl sites for hydroxylation is 4. The van der Waals surface area contributed by atoms with E-state index in [4.69, 9.17) is 8.83 Å². The van der Waals surface area contributed by atoms with Gasteiger partial charge < -0.3 is 18.6 Å². The van der Waals surface area contributed by atoms with Crippen molar-refractivity contribution in [2.75, 3.05) is 9.80 Å². The van der Waals surface area contributed by atoms with Gasteiger partial charge in [0.2, 0.25) is 0 Å². The second-order valence-electron chi connectivity index (χ2n) is 18.4. The van der Waals surface area contributed by atoms with Crippen LogP contribution in [0.25, 0.3) is 22.6 Å². The first-order chi connectivity index (χ1) is 32.3. The lowest BCUT2D eigenvalue weighted by molar-refractivity contribution is 0.400. The summed E-state index contributed by atoms with van der Waals surface area (Å²) < 4.78 is 15.7. The molecule has 0 saturated heterocycles. The molecule has 0 atom stereocenters. The summed E-state index contributed by atoms with van der Waals surface area (Å²) in [7, 11) is 0. The maximum absolute atomic E-state index is 7.86. The maximum Gasteiger partial charge on any atom is 0.134 e. The fraction of sp³-hybridized carbons (Fsp3) is 0.0968. The molecule has 1 aliphatic carbocycles. The predicted octanol–water partition coefficient (Wildman–Crippen LogP) is 16.1. The van der Waals surface area contributed by atoms with Gasteiger partial charge in [0.25, 0.3) is 0 Å². The molecule has 0 radical (unpaired) electrons. The minimum atomic E-state index is -0.952. The zero-order chi connectivity index (χ0) is 44.3. The van der Waals surface area contributed by atoms with Gasteiger partial charge in [-0.2, -0.15) is 0 Å². The molecule has 0 fully saturated rings. The van der Waals surface area contributed by atoms with Crippen LogP contribution in [0.2, 0.25) is 0 Å². The number of hydrogen-bond acceptors (Lipinski definition) is 4. The molecule has 4 nitrogen and oxygen atoms in total. The molecule has 2 spiro atoms. The number of fused-ring (bicyclic) bond motifs is 14. The maximum atomic E-state index is 7.86. The second kappa shape index (κ2) is 14.2. The fourth-order valence-electron chi connectivity index (χ4n) is 11.9. The molecule has 4 heterocycles. The lowest BCUT2D eigenvalue weighted by Gasteiger charge is -2.52. The van der Waals surface area contributed by atoms with Gasteiger partial charge in [0, 0.05) is 33.6 Å². The minimum Gasteiger partial charge on any atom is -0.459 e. The predicted molar refractivity (Wildman–Crippen MR) is 267 cm³/mol. The molecule has 3 aliphatic rings. The second-order valence-corrected chi connectivity index (χ2v) is 18.4. The zero-order valence-corrected chi connectivity index (χ0v) is 37.3. The van der Waals surface area contributed by atoms with Gasteiger partial charge in [-0.15, -0.1) is 0 Å². The van der Waals surface area contributed by atoms with Gasteiger partial charge >= 0.3 is 0 Å². The van der Waals surface area contributed by atoms with Crippen molar-refractivity contribution in [1.82, 2.24) is 0 Å². The minimum absolute atomic E-state index is 0.825. The Morgan fingerprint density at radius 2 is 0.591 bits per heavy atom. The van der Waals surface area contributed by atoms with Gasteiger partial charge in [-0.25, -0.2) is 0 Å². The number of furan rings is 2. The molecule has 2 aliphatic heterocycles. The smallest absolute Gasteiger partial charge is 0.134 e. The third kappa shape index (κ3) is 5.21. The van der Waals surface area contributed by atoms with Gasteiger partial charge in [0.05, 0.1) is 22.7 Å². The van der Waals surface area contributed by atoms with Crippen LogP contribution in [0.4, 0.5) is 34.1 Å².